The van der Waals surface area contributed by atoms with E-state index in [2.05, 4.69) is 24.3 Å². The van der Waals surface area contributed by atoms with Gasteiger partial charge in [0.05, 0.1) is 18.7 Å². The smallest absolute Gasteiger partial charge is 0.229 e. The number of aromatic nitrogens is 2. The molecule has 1 aliphatic heterocycles. The van der Waals surface area contributed by atoms with Crippen molar-refractivity contribution in [1.82, 2.24) is 14.7 Å². The molecule has 3 amide bonds. The predicted octanol–water partition coefficient (Wildman–Crippen LogP) is 2.99. The lowest BCUT2D eigenvalue weighted by Crippen LogP contribution is -2.28. The summed E-state index contributed by atoms with van der Waals surface area (Å²) >= 11 is 0. The minimum atomic E-state index is -0.129. The third-order valence-corrected chi connectivity index (χ3v) is 5.14. The van der Waals surface area contributed by atoms with E-state index in [-0.39, 0.29) is 30.7 Å². The van der Waals surface area contributed by atoms with Crippen molar-refractivity contribution in [2.75, 3.05) is 5.32 Å². The summed E-state index contributed by atoms with van der Waals surface area (Å²) in [6, 6.07) is 7.23. The summed E-state index contributed by atoms with van der Waals surface area (Å²) < 4.78 is 1.97. The number of carbonyl (C=O) groups is 3. The zero-order chi connectivity index (χ0) is 21.1. The van der Waals surface area contributed by atoms with E-state index < -0.39 is 0 Å². The van der Waals surface area contributed by atoms with Crippen molar-refractivity contribution in [3.05, 3.63) is 46.8 Å². The van der Waals surface area contributed by atoms with Crippen LogP contribution in [0.1, 0.15) is 49.2 Å². The highest BCUT2D eigenvalue weighted by Gasteiger charge is 2.28. The van der Waals surface area contributed by atoms with E-state index in [0.717, 1.165) is 29.1 Å². The molecule has 0 saturated carbocycles. The Morgan fingerprint density at radius 3 is 2.31 bits per heavy atom. The normalized spacial score (nSPS) is 14.2. The number of imide groups is 1. The lowest BCUT2D eigenvalue weighted by molar-refractivity contribution is -0.139. The summed E-state index contributed by atoms with van der Waals surface area (Å²) in [6.45, 7) is 9.32. The Hall–Kier alpha value is -2.96. The number of hydrogen-bond donors (Lipinski definition) is 1. The third kappa shape index (κ3) is 4.91. The predicted molar refractivity (Wildman–Crippen MR) is 110 cm³/mol. The van der Waals surface area contributed by atoms with Crippen molar-refractivity contribution < 1.29 is 14.4 Å². The fraction of sp³-hybridized carbons (Fsp3) is 0.455. The van der Waals surface area contributed by atoms with Gasteiger partial charge in [-0.15, -0.1) is 0 Å². The molecule has 0 radical (unpaired) electrons. The first-order chi connectivity index (χ1) is 13.7. The fourth-order valence-corrected chi connectivity index (χ4v) is 3.55. The van der Waals surface area contributed by atoms with Gasteiger partial charge in [-0.25, -0.2) is 0 Å². The molecular weight excluding hydrogens is 368 g/mol. The quantitative estimate of drug-likeness (QED) is 0.729. The molecule has 1 aromatic carbocycles. The van der Waals surface area contributed by atoms with E-state index in [1.165, 1.54) is 4.90 Å². The van der Waals surface area contributed by atoms with Gasteiger partial charge in [-0.2, -0.15) is 5.10 Å². The van der Waals surface area contributed by atoms with Crippen LogP contribution in [0, 0.1) is 19.8 Å². The molecule has 1 fully saturated rings. The maximum absolute atomic E-state index is 12.5. The molecule has 0 atom stereocenters. The molecule has 1 aromatic heterocycles. The summed E-state index contributed by atoms with van der Waals surface area (Å²) in [4.78, 5) is 37.3. The van der Waals surface area contributed by atoms with Crippen molar-refractivity contribution in [3.8, 4) is 0 Å². The van der Waals surface area contributed by atoms with Crippen LogP contribution in [0.25, 0.3) is 0 Å². The first-order valence-electron chi connectivity index (χ1n) is 9.99. The second-order valence-corrected chi connectivity index (χ2v) is 8.02. The molecular formula is C22H28N4O3. The number of nitrogens with one attached hydrogen (secondary N) is 1. The first kappa shape index (κ1) is 20.8. The Morgan fingerprint density at radius 2 is 1.72 bits per heavy atom. The van der Waals surface area contributed by atoms with E-state index in [0.29, 0.717) is 24.4 Å². The number of aryl methyl sites for hydroxylation is 1. The van der Waals surface area contributed by atoms with Crippen LogP contribution >= 0.6 is 0 Å². The van der Waals surface area contributed by atoms with Crippen LogP contribution in [0.3, 0.4) is 0 Å². The summed E-state index contributed by atoms with van der Waals surface area (Å²) in [7, 11) is 0. The minimum Gasteiger partial charge on any atom is -0.326 e. The van der Waals surface area contributed by atoms with E-state index in [1.54, 1.807) is 12.1 Å². The van der Waals surface area contributed by atoms with Gasteiger partial charge in [-0.05, 0) is 37.5 Å². The van der Waals surface area contributed by atoms with Gasteiger partial charge in [-0.3, -0.25) is 24.0 Å². The maximum atomic E-state index is 12.5. The number of rotatable bonds is 7. The van der Waals surface area contributed by atoms with Crippen molar-refractivity contribution in [2.45, 2.75) is 60.0 Å². The number of carbonyl (C=O) groups excluding carboxylic acids is 3. The van der Waals surface area contributed by atoms with Crippen LogP contribution in [0.15, 0.2) is 24.3 Å². The van der Waals surface area contributed by atoms with Crippen molar-refractivity contribution in [3.63, 3.8) is 0 Å². The minimum absolute atomic E-state index is 0.0991. The van der Waals surface area contributed by atoms with Crippen LogP contribution in [0.5, 0.6) is 0 Å². The van der Waals surface area contributed by atoms with E-state index >= 15 is 0 Å². The molecule has 1 saturated heterocycles. The highest BCUT2D eigenvalue weighted by atomic mass is 16.2. The van der Waals surface area contributed by atoms with Crippen LogP contribution in [0.2, 0.25) is 0 Å². The van der Waals surface area contributed by atoms with Gasteiger partial charge in [0.2, 0.25) is 17.7 Å². The molecule has 154 valence electrons. The number of hydrogen-bond acceptors (Lipinski definition) is 4. The molecule has 29 heavy (non-hydrogen) atoms. The Kier molecular flexibility index (Phi) is 6.15. The number of nitrogens with zero attached hydrogens (tertiary/aromatic N) is 3. The summed E-state index contributed by atoms with van der Waals surface area (Å²) in [5.41, 5.74) is 4.41. The second-order valence-electron chi connectivity index (χ2n) is 8.02. The van der Waals surface area contributed by atoms with Gasteiger partial charge in [-0.1, -0.05) is 26.0 Å². The number of anilines is 1. The average Bonchev–Trinajstić information content (AvgIpc) is 3.10. The number of likely N-dealkylation sites (tertiary alicyclic amines) is 1. The average molecular weight is 396 g/mol. The largest absolute Gasteiger partial charge is 0.326 e. The van der Waals surface area contributed by atoms with E-state index in [1.807, 2.05) is 30.7 Å². The lowest BCUT2D eigenvalue weighted by atomic mass is 10.1. The number of benzene rings is 1. The van der Waals surface area contributed by atoms with Gasteiger partial charge in [0.1, 0.15) is 0 Å². The molecule has 0 bridgehead atoms. The molecule has 1 N–H and O–H groups in total. The second kappa shape index (κ2) is 8.59. The van der Waals surface area contributed by atoms with Gasteiger partial charge < -0.3 is 5.32 Å². The summed E-state index contributed by atoms with van der Waals surface area (Å²) in [6.07, 6.45) is 0.855. The summed E-state index contributed by atoms with van der Waals surface area (Å²) in [5.74, 6) is 0.129. The van der Waals surface area contributed by atoms with Crippen LogP contribution in [0.4, 0.5) is 5.69 Å². The maximum Gasteiger partial charge on any atom is 0.229 e. The molecule has 0 unspecified atom stereocenters. The Balaban J connectivity index is 1.61. The molecule has 3 rings (SSSR count). The molecule has 2 aromatic rings. The van der Waals surface area contributed by atoms with Crippen LogP contribution in [-0.2, 0) is 33.9 Å². The van der Waals surface area contributed by atoms with E-state index in [4.69, 9.17) is 0 Å². The first-order valence-corrected chi connectivity index (χ1v) is 9.99. The highest BCUT2D eigenvalue weighted by molar-refractivity contribution is 6.01. The van der Waals surface area contributed by atoms with Gasteiger partial charge in [0.15, 0.2) is 0 Å². The molecule has 0 aliphatic carbocycles. The SMILES string of the molecule is Cc1nn(CC(C)C)c(C)c1CC(=O)Nc1ccc(CN2C(=O)CCC2=O)cc1. The monoisotopic (exact) mass is 396 g/mol. The Labute approximate surface area is 171 Å². The molecule has 7 heteroatoms. The topological polar surface area (TPSA) is 84.3 Å². The Bertz CT molecular complexity index is 912. The van der Waals surface area contributed by atoms with Crippen LogP contribution in [-0.4, -0.2) is 32.4 Å². The standard InChI is InChI=1S/C22H28N4O3/c1-14(2)12-26-16(4)19(15(3)24-26)11-20(27)23-18-7-5-17(6-8-18)13-25-21(28)9-10-22(25)29/h5-8,14H,9-13H2,1-4H3,(H,23,27). The van der Waals surface area contributed by atoms with Gasteiger partial charge in [0.25, 0.3) is 0 Å². The zero-order valence-corrected chi connectivity index (χ0v) is 17.5. The highest BCUT2D eigenvalue weighted by Crippen LogP contribution is 2.19. The molecule has 7 nitrogen and oxygen atoms in total. The fourth-order valence-electron chi connectivity index (χ4n) is 3.55. The molecule has 2 heterocycles. The Morgan fingerprint density at radius 1 is 1.10 bits per heavy atom. The molecule has 1 aliphatic rings. The molecule has 0 spiro atoms. The van der Waals surface area contributed by atoms with Crippen molar-refractivity contribution in [1.29, 1.82) is 0 Å². The third-order valence-electron chi connectivity index (χ3n) is 5.14. The van der Waals surface area contributed by atoms with Crippen molar-refractivity contribution in [2.24, 2.45) is 5.92 Å². The van der Waals surface area contributed by atoms with Crippen molar-refractivity contribution >= 4 is 23.4 Å². The summed E-state index contributed by atoms with van der Waals surface area (Å²) in [5, 5.41) is 7.47. The van der Waals surface area contributed by atoms with E-state index in [9.17, 15) is 14.4 Å². The van der Waals surface area contributed by atoms with Crippen LogP contribution < -0.4 is 5.32 Å². The van der Waals surface area contributed by atoms with Gasteiger partial charge in [0, 0.05) is 36.3 Å². The van der Waals surface area contributed by atoms with Gasteiger partial charge >= 0.3 is 0 Å². The lowest BCUT2D eigenvalue weighted by Gasteiger charge is -2.14. The zero-order valence-electron chi connectivity index (χ0n) is 17.5. The number of amides is 3.